The highest BCUT2D eigenvalue weighted by molar-refractivity contribution is 5.95. The van der Waals surface area contributed by atoms with E-state index in [0.29, 0.717) is 24.2 Å². The number of ketones is 1. The van der Waals surface area contributed by atoms with E-state index in [2.05, 4.69) is 13.8 Å². The predicted octanol–water partition coefficient (Wildman–Crippen LogP) is 3.83. The predicted molar refractivity (Wildman–Crippen MR) is 83.0 cm³/mol. The lowest BCUT2D eigenvalue weighted by Crippen LogP contribution is -2.52. The number of carbonyl (C=O) groups excluding carboxylic acids is 1. The molecule has 0 aliphatic heterocycles. The third-order valence-electron chi connectivity index (χ3n) is 7.91. The van der Waals surface area contributed by atoms with Crippen molar-refractivity contribution in [2.24, 2.45) is 28.6 Å². The van der Waals surface area contributed by atoms with E-state index in [9.17, 15) is 14.3 Å². The average Bonchev–Trinajstić information content (AvgIpc) is 2.77. The zero-order chi connectivity index (χ0) is 15.7. The van der Waals surface area contributed by atoms with Crippen molar-refractivity contribution < 1.29 is 14.3 Å². The van der Waals surface area contributed by atoms with Gasteiger partial charge in [-0.2, -0.15) is 0 Å². The van der Waals surface area contributed by atoms with Crippen LogP contribution in [-0.4, -0.2) is 23.2 Å². The zero-order valence-corrected chi connectivity index (χ0v) is 13.6. The van der Waals surface area contributed by atoms with Crippen LogP contribution in [0.15, 0.2) is 11.6 Å². The van der Waals surface area contributed by atoms with Crippen LogP contribution in [-0.2, 0) is 4.79 Å². The van der Waals surface area contributed by atoms with E-state index in [1.165, 1.54) is 5.57 Å². The number of aliphatic hydroxyl groups is 1. The molecule has 0 aromatic carbocycles. The van der Waals surface area contributed by atoms with E-state index in [1.807, 2.05) is 0 Å². The highest BCUT2D eigenvalue weighted by atomic mass is 19.1. The van der Waals surface area contributed by atoms with Crippen LogP contribution >= 0.6 is 0 Å². The molecular weight excluding hydrogens is 279 g/mol. The van der Waals surface area contributed by atoms with Crippen LogP contribution in [0.3, 0.4) is 0 Å². The molecule has 7 atom stereocenters. The van der Waals surface area contributed by atoms with E-state index in [0.717, 1.165) is 38.5 Å². The van der Waals surface area contributed by atoms with Crippen LogP contribution in [0.2, 0.25) is 0 Å². The summed E-state index contributed by atoms with van der Waals surface area (Å²) in [5.41, 5.74) is 1.14. The van der Waals surface area contributed by atoms with Gasteiger partial charge in [-0.15, -0.1) is 0 Å². The molecule has 0 saturated heterocycles. The van der Waals surface area contributed by atoms with Gasteiger partial charge in [0.05, 0.1) is 6.10 Å². The maximum atomic E-state index is 14.1. The third kappa shape index (κ3) is 1.78. The fourth-order valence-corrected chi connectivity index (χ4v) is 6.55. The molecule has 0 aromatic rings. The summed E-state index contributed by atoms with van der Waals surface area (Å²) in [6.45, 7) is 4.46. The molecule has 0 amide bonds. The highest BCUT2D eigenvalue weighted by Gasteiger charge is 2.59. The molecule has 0 heterocycles. The minimum atomic E-state index is -1.31. The number of allylic oxidation sites excluding steroid dienone is 1. The molecule has 1 N–H and O–H groups in total. The lowest BCUT2D eigenvalue weighted by atomic mass is 9.47. The standard InChI is InChI=1S/C19H27FO2/c1-18-8-7-14-12(13(18)5-6-17(18)22)4-3-11-9-16(21)15(20)10-19(11,14)2/h9,12-15,17,22H,3-8,10H2,1-2H3/t12-,13-,14-,15-,17+,18-,19-/m0/s1. The van der Waals surface area contributed by atoms with E-state index in [-0.39, 0.29) is 22.7 Å². The summed E-state index contributed by atoms with van der Waals surface area (Å²) in [4.78, 5) is 11.7. The van der Waals surface area contributed by atoms with Crippen molar-refractivity contribution in [3.8, 4) is 0 Å². The molecule has 22 heavy (non-hydrogen) atoms. The maximum Gasteiger partial charge on any atom is 0.189 e. The molecule has 3 saturated carbocycles. The Labute approximate surface area is 132 Å². The second kappa shape index (κ2) is 4.66. The zero-order valence-electron chi connectivity index (χ0n) is 13.6. The van der Waals surface area contributed by atoms with E-state index >= 15 is 0 Å². The largest absolute Gasteiger partial charge is 0.393 e. The number of rotatable bonds is 0. The molecule has 0 aromatic heterocycles. The van der Waals surface area contributed by atoms with Crippen molar-refractivity contribution in [3.63, 3.8) is 0 Å². The molecule has 122 valence electrons. The van der Waals surface area contributed by atoms with Crippen LogP contribution in [0.1, 0.15) is 58.8 Å². The molecule has 4 rings (SSSR count). The molecule has 0 bridgehead atoms. The summed E-state index contributed by atoms with van der Waals surface area (Å²) in [7, 11) is 0. The number of hydrogen-bond acceptors (Lipinski definition) is 2. The van der Waals surface area contributed by atoms with Crippen LogP contribution in [0.25, 0.3) is 0 Å². The van der Waals surface area contributed by atoms with Gasteiger partial charge < -0.3 is 5.11 Å². The molecule has 0 spiro atoms. The Bertz CT molecular complexity index is 542. The first-order valence-electron chi connectivity index (χ1n) is 8.93. The van der Waals surface area contributed by atoms with Crippen LogP contribution in [0, 0.1) is 28.6 Å². The SMILES string of the molecule is C[C@]12CC[C@H]3[C@@H](CCC4=CC(=O)[C@@H](F)C[C@@]43C)[C@@H]1CC[C@H]2O. The summed E-state index contributed by atoms with van der Waals surface area (Å²) in [6, 6.07) is 0. The molecule has 0 radical (unpaired) electrons. The van der Waals surface area contributed by atoms with Crippen molar-refractivity contribution in [1.29, 1.82) is 0 Å². The van der Waals surface area contributed by atoms with Gasteiger partial charge in [0.25, 0.3) is 0 Å². The number of alkyl halides is 1. The molecule has 3 heteroatoms. The molecular formula is C19H27FO2. The van der Waals surface area contributed by atoms with Gasteiger partial charge in [-0.1, -0.05) is 19.4 Å². The van der Waals surface area contributed by atoms with Crippen LogP contribution < -0.4 is 0 Å². The van der Waals surface area contributed by atoms with Gasteiger partial charge in [-0.05, 0) is 79.6 Å². The van der Waals surface area contributed by atoms with Gasteiger partial charge in [-0.25, -0.2) is 4.39 Å². The first-order valence-corrected chi connectivity index (χ1v) is 8.93. The minimum absolute atomic E-state index is 0.0678. The Morgan fingerprint density at radius 1 is 1.18 bits per heavy atom. The van der Waals surface area contributed by atoms with E-state index in [4.69, 9.17) is 0 Å². The fourth-order valence-electron chi connectivity index (χ4n) is 6.55. The van der Waals surface area contributed by atoms with Gasteiger partial charge >= 0.3 is 0 Å². The molecule has 4 aliphatic carbocycles. The molecule has 4 aliphatic rings. The first-order chi connectivity index (χ1) is 10.4. The topological polar surface area (TPSA) is 37.3 Å². The quantitative estimate of drug-likeness (QED) is 0.738. The number of carbonyl (C=O) groups is 1. The summed E-state index contributed by atoms with van der Waals surface area (Å²) in [6.07, 6.45) is 6.76. The van der Waals surface area contributed by atoms with Gasteiger partial charge in [0, 0.05) is 0 Å². The Hall–Kier alpha value is -0.700. The maximum absolute atomic E-state index is 14.1. The van der Waals surface area contributed by atoms with Crippen molar-refractivity contribution in [2.75, 3.05) is 0 Å². The third-order valence-corrected chi connectivity index (χ3v) is 7.91. The summed E-state index contributed by atoms with van der Waals surface area (Å²) in [5, 5.41) is 10.4. The van der Waals surface area contributed by atoms with Gasteiger partial charge in [0.15, 0.2) is 12.0 Å². The Balaban J connectivity index is 1.70. The lowest BCUT2D eigenvalue weighted by Gasteiger charge is -2.57. The highest BCUT2D eigenvalue weighted by Crippen LogP contribution is 2.65. The second-order valence-electron chi connectivity index (χ2n) is 8.71. The smallest absolute Gasteiger partial charge is 0.189 e. The number of halogens is 1. The van der Waals surface area contributed by atoms with E-state index < -0.39 is 6.17 Å². The summed E-state index contributed by atoms with van der Waals surface area (Å²) >= 11 is 0. The molecule has 2 nitrogen and oxygen atoms in total. The lowest BCUT2D eigenvalue weighted by molar-refractivity contribution is -0.124. The Morgan fingerprint density at radius 2 is 1.95 bits per heavy atom. The minimum Gasteiger partial charge on any atom is -0.393 e. The average molecular weight is 306 g/mol. The number of aliphatic hydroxyl groups excluding tert-OH is 1. The van der Waals surface area contributed by atoms with E-state index in [1.54, 1.807) is 6.08 Å². The summed E-state index contributed by atoms with van der Waals surface area (Å²) < 4.78 is 14.1. The van der Waals surface area contributed by atoms with Gasteiger partial charge in [0.1, 0.15) is 0 Å². The van der Waals surface area contributed by atoms with Crippen LogP contribution in [0.4, 0.5) is 4.39 Å². The number of hydrogen-bond donors (Lipinski definition) is 1. The van der Waals surface area contributed by atoms with Crippen LogP contribution in [0.5, 0.6) is 0 Å². The number of fused-ring (bicyclic) bond motifs is 5. The normalized spacial score (nSPS) is 54.3. The fraction of sp³-hybridized carbons (Fsp3) is 0.842. The molecule has 0 unspecified atom stereocenters. The van der Waals surface area contributed by atoms with Crippen molar-refractivity contribution >= 4 is 5.78 Å². The summed E-state index contributed by atoms with van der Waals surface area (Å²) in [5.74, 6) is 1.35. The monoisotopic (exact) mass is 306 g/mol. The van der Waals surface area contributed by atoms with Crippen molar-refractivity contribution in [3.05, 3.63) is 11.6 Å². The first kappa shape index (κ1) is 14.9. The van der Waals surface area contributed by atoms with Crippen molar-refractivity contribution in [1.82, 2.24) is 0 Å². The van der Waals surface area contributed by atoms with Crippen molar-refractivity contribution in [2.45, 2.75) is 71.1 Å². The second-order valence-corrected chi connectivity index (χ2v) is 8.71. The molecule has 3 fully saturated rings. The Kier molecular flexibility index (Phi) is 3.15. The van der Waals surface area contributed by atoms with Gasteiger partial charge in [0.2, 0.25) is 0 Å². The Morgan fingerprint density at radius 3 is 2.73 bits per heavy atom. The van der Waals surface area contributed by atoms with Gasteiger partial charge in [-0.3, -0.25) is 4.79 Å².